The van der Waals surface area contributed by atoms with Crippen LogP contribution in [0.3, 0.4) is 0 Å². The molecular weight excluding hydrogens is 272 g/mol. The molecule has 86 valence electrons. The Morgan fingerprint density at radius 3 is 2.35 bits per heavy atom. The Hall–Kier alpha value is -1.34. The predicted octanol–water partition coefficient (Wildman–Crippen LogP) is 5.06. The minimum Gasteiger partial charge on any atom is -0.0876 e. The summed E-state index contributed by atoms with van der Waals surface area (Å²) in [5.41, 5.74) is 5.07. The SMILES string of the molecule is Cc1ccc(/C=C/c2cccc(CBr)c2)cc1. The number of hydrogen-bond donors (Lipinski definition) is 0. The average molecular weight is 287 g/mol. The summed E-state index contributed by atoms with van der Waals surface area (Å²) < 4.78 is 0. The highest BCUT2D eigenvalue weighted by Gasteiger charge is 1.91. The third-order valence-electron chi connectivity index (χ3n) is 2.65. The van der Waals surface area contributed by atoms with E-state index in [2.05, 4.69) is 83.5 Å². The molecule has 0 aliphatic rings. The first-order chi connectivity index (χ1) is 8.28. The summed E-state index contributed by atoms with van der Waals surface area (Å²) in [6.45, 7) is 2.10. The van der Waals surface area contributed by atoms with Gasteiger partial charge in [-0.2, -0.15) is 0 Å². The molecule has 0 nitrogen and oxygen atoms in total. The fraction of sp³-hybridized carbons (Fsp3) is 0.125. The maximum atomic E-state index is 3.47. The van der Waals surface area contributed by atoms with Gasteiger partial charge in [0.25, 0.3) is 0 Å². The number of hydrogen-bond acceptors (Lipinski definition) is 0. The quantitative estimate of drug-likeness (QED) is 0.546. The van der Waals surface area contributed by atoms with E-state index in [0.29, 0.717) is 0 Å². The fourth-order valence-electron chi connectivity index (χ4n) is 1.65. The molecule has 0 heterocycles. The average Bonchev–Trinajstić information content (AvgIpc) is 2.38. The molecule has 0 aromatic heterocycles. The minimum absolute atomic E-state index is 0.902. The van der Waals surface area contributed by atoms with Crippen molar-refractivity contribution in [2.24, 2.45) is 0 Å². The van der Waals surface area contributed by atoms with Crippen LogP contribution in [0.15, 0.2) is 48.5 Å². The molecule has 0 saturated heterocycles. The molecule has 0 aliphatic heterocycles. The molecule has 0 aliphatic carbocycles. The van der Waals surface area contributed by atoms with E-state index in [0.717, 1.165) is 5.33 Å². The monoisotopic (exact) mass is 286 g/mol. The van der Waals surface area contributed by atoms with Gasteiger partial charge in [0.2, 0.25) is 0 Å². The van der Waals surface area contributed by atoms with Crippen molar-refractivity contribution < 1.29 is 0 Å². The van der Waals surface area contributed by atoms with Gasteiger partial charge < -0.3 is 0 Å². The van der Waals surface area contributed by atoms with Gasteiger partial charge in [0.1, 0.15) is 0 Å². The number of benzene rings is 2. The Morgan fingerprint density at radius 2 is 1.65 bits per heavy atom. The minimum atomic E-state index is 0.902. The van der Waals surface area contributed by atoms with E-state index in [9.17, 15) is 0 Å². The number of rotatable bonds is 3. The highest BCUT2D eigenvalue weighted by molar-refractivity contribution is 9.08. The lowest BCUT2D eigenvalue weighted by molar-refractivity contribution is 1.43. The third-order valence-corrected chi connectivity index (χ3v) is 3.30. The van der Waals surface area contributed by atoms with Crippen molar-refractivity contribution in [3.05, 3.63) is 70.8 Å². The maximum absolute atomic E-state index is 3.47. The van der Waals surface area contributed by atoms with Crippen LogP contribution in [0.5, 0.6) is 0 Å². The molecule has 0 bridgehead atoms. The van der Waals surface area contributed by atoms with E-state index in [1.54, 1.807) is 0 Å². The number of halogens is 1. The normalized spacial score (nSPS) is 10.9. The molecular formula is C16H15Br. The highest BCUT2D eigenvalue weighted by atomic mass is 79.9. The maximum Gasteiger partial charge on any atom is 0.0283 e. The summed E-state index contributed by atoms with van der Waals surface area (Å²) in [4.78, 5) is 0. The lowest BCUT2D eigenvalue weighted by Crippen LogP contribution is -1.78. The first kappa shape index (κ1) is 12.1. The Labute approximate surface area is 111 Å². The van der Waals surface area contributed by atoms with Gasteiger partial charge in [-0.05, 0) is 23.6 Å². The van der Waals surface area contributed by atoms with E-state index in [4.69, 9.17) is 0 Å². The van der Waals surface area contributed by atoms with Gasteiger partial charge in [-0.25, -0.2) is 0 Å². The van der Waals surface area contributed by atoms with Gasteiger partial charge in [0.15, 0.2) is 0 Å². The van der Waals surface area contributed by atoms with Crippen molar-refractivity contribution in [3.63, 3.8) is 0 Å². The first-order valence-electron chi connectivity index (χ1n) is 5.67. The fourth-order valence-corrected chi connectivity index (χ4v) is 2.00. The summed E-state index contributed by atoms with van der Waals surface area (Å²) in [7, 11) is 0. The zero-order chi connectivity index (χ0) is 12.1. The molecule has 0 N–H and O–H groups in total. The second-order valence-electron chi connectivity index (χ2n) is 4.12. The third kappa shape index (κ3) is 3.57. The lowest BCUT2D eigenvalue weighted by atomic mass is 10.1. The van der Waals surface area contributed by atoms with Crippen molar-refractivity contribution in [3.8, 4) is 0 Å². The second-order valence-corrected chi connectivity index (χ2v) is 4.68. The zero-order valence-electron chi connectivity index (χ0n) is 9.86. The summed E-state index contributed by atoms with van der Waals surface area (Å²) in [6.07, 6.45) is 4.30. The highest BCUT2D eigenvalue weighted by Crippen LogP contribution is 2.12. The van der Waals surface area contributed by atoms with Gasteiger partial charge in [-0.1, -0.05) is 82.2 Å². The van der Waals surface area contributed by atoms with Crippen LogP contribution in [-0.2, 0) is 5.33 Å². The van der Waals surface area contributed by atoms with E-state index < -0.39 is 0 Å². The van der Waals surface area contributed by atoms with Gasteiger partial charge in [0, 0.05) is 5.33 Å². The van der Waals surface area contributed by atoms with Crippen LogP contribution in [0, 0.1) is 6.92 Å². The van der Waals surface area contributed by atoms with Gasteiger partial charge in [0.05, 0.1) is 0 Å². The first-order valence-corrected chi connectivity index (χ1v) is 6.80. The molecule has 0 unspecified atom stereocenters. The summed E-state index contributed by atoms with van der Waals surface area (Å²) in [5, 5.41) is 0.902. The smallest absolute Gasteiger partial charge is 0.0283 e. The van der Waals surface area contributed by atoms with Crippen molar-refractivity contribution in [1.29, 1.82) is 0 Å². The Morgan fingerprint density at radius 1 is 0.941 bits per heavy atom. The van der Waals surface area contributed by atoms with Crippen LogP contribution in [0.2, 0.25) is 0 Å². The van der Waals surface area contributed by atoms with Crippen molar-refractivity contribution in [2.75, 3.05) is 0 Å². The zero-order valence-corrected chi connectivity index (χ0v) is 11.4. The standard InChI is InChI=1S/C16H15Br/c1-13-5-7-14(8-6-13)9-10-15-3-2-4-16(11-15)12-17/h2-11H,12H2,1H3/b10-9+. The Kier molecular flexibility index (Phi) is 4.16. The molecule has 17 heavy (non-hydrogen) atoms. The van der Waals surface area contributed by atoms with Gasteiger partial charge in [-0.3, -0.25) is 0 Å². The van der Waals surface area contributed by atoms with Crippen LogP contribution in [0.1, 0.15) is 22.3 Å². The largest absolute Gasteiger partial charge is 0.0876 e. The molecule has 0 fully saturated rings. The molecule has 0 saturated carbocycles. The molecule has 0 amide bonds. The molecule has 2 aromatic rings. The lowest BCUT2D eigenvalue weighted by Gasteiger charge is -1.98. The topological polar surface area (TPSA) is 0 Å². The molecule has 2 aromatic carbocycles. The van der Waals surface area contributed by atoms with Crippen LogP contribution in [0.25, 0.3) is 12.2 Å². The second kappa shape index (κ2) is 5.83. The van der Waals surface area contributed by atoms with Crippen molar-refractivity contribution in [1.82, 2.24) is 0 Å². The predicted molar refractivity (Wildman–Crippen MR) is 79.2 cm³/mol. The Bertz CT molecular complexity index is 509. The van der Waals surface area contributed by atoms with E-state index >= 15 is 0 Å². The van der Waals surface area contributed by atoms with Gasteiger partial charge >= 0.3 is 0 Å². The van der Waals surface area contributed by atoms with E-state index in [1.165, 1.54) is 22.3 Å². The molecule has 0 atom stereocenters. The van der Waals surface area contributed by atoms with Crippen molar-refractivity contribution in [2.45, 2.75) is 12.3 Å². The number of alkyl halides is 1. The van der Waals surface area contributed by atoms with Crippen LogP contribution >= 0.6 is 15.9 Å². The van der Waals surface area contributed by atoms with Crippen LogP contribution < -0.4 is 0 Å². The number of aryl methyl sites for hydroxylation is 1. The molecule has 0 spiro atoms. The molecule has 0 radical (unpaired) electrons. The van der Waals surface area contributed by atoms with Crippen LogP contribution in [-0.4, -0.2) is 0 Å². The molecule has 2 rings (SSSR count). The summed E-state index contributed by atoms with van der Waals surface area (Å²) >= 11 is 3.47. The van der Waals surface area contributed by atoms with Crippen molar-refractivity contribution >= 4 is 28.1 Å². The Balaban J connectivity index is 2.16. The summed E-state index contributed by atoms with van der Waals surface area (Å²) in [5.74, 6) is 0. The summed E-state index contributed by atoms with van der Waals surface area (Å²) in [6, 6.07) is 17.1. The van der Waals surface area contributed by atoms with Crippen LogP contribution in [0.4, 0.5) is 0 Å². The molecule has 1 heteroatoms. The van der Waals surface area contributed by atoms with E-state index in [1.807, 2.05) is 0 Å². The van der Waals surface area contributed by atoms with Gasteiger partial charge in [-0.15, -0.1) is 0 Å². The van der Waals surface area contributed by atoms with E-state index in [-0.39, 0.29) is 0 Å².